The number of carbonyl (C=O) groups is 2. The zero-order chi connectivity index (χ0) is 20.7. The monoisotopic (exact) mass is 390 g/mol. The molecule has 0 fully saturated rings. The molecule has 0 spiro atoms. The van der Waals surface area contributed by atoms with Crippen LogP contribution in [0.1, 0.15) is 35.9 Å². The first kappa shape index (κ1) is 21.2. The quantitative estimate of drug-likeness (QED) is 0.667. The number of aromatic nitrogens is 2. The molecule has 1 heterocycles. The van der Waals surface area contributed by atoms with Crippen LogP contribution >= 0.6 is 0 Å². The van der Waals surface area contributed by atoms with Crippen LogP contribution in [0.25, 0.3) is 0 Å². The highest BCUT2D eigenvalue weighted by molar-refractivity contribution is 5.98. The molecule has 2 N–H and O–H groups in total. The van der Waals surface area contributed by atoms with E-state index in [-0.39, 0.29) is 11.8 Å². The van der Waals surface area contributed by atoms with Gasteiger partial charge in [-0.15, -0.1) is 0 Å². The van der Waals surface area contributed by atoms with Crippen molar-refractivity contribution in [2.75, 3.05) is 20.8 Å². The maximum absolute atomic E-state index is 12.7. The molecule has 1 unspecified atom stereocenters. The number of nitrogens with zero attached hydrogens (tertiary/aromatic N) is 2. The number of methoxy groups -OCH3 is 2. The Kier molecular flexibility index (Phi) is 7.36. The Labute approximate surface area is 163 Å². The lowest BCUT2D eigenvalue weighted by Crippen LogP contribution is -2.50. The van der Waals surface area contributed by atoms with Gasteiger partial charge in [-0.2, -0.15) is 4.98 Å². The van der Waals surface area contributed by atoms with E-state index in [1.165, 1.54) is 14.2 Å². The molecule has 1 aromatic heterocycles. The Morgan fingerprint density at radius 1 is 1.14 bits per heavy atom. The predicted octanol–water partition coefficient (Wildman–Crippen LogP) is 1.51. The second-order valence-corrected chi connectivity index (χ2v) is 6.57. The van der Waals surface area contributed by atoms with Crippen molar-refractivity contribution in [3.05, 3.63) is 35.5 Å². The van der Waals surface area contributed by atoms with E-state index in [9.17, 15) is 9.59 Å². The van der Waals surface area contributed by atoms with Crippen molar-refractivity contribution in [1.82, 2.24) is 20.8 Å². The fraction of sp³-hybridized carbons (Fsp3) is 0.474. The van der Waals surface area contributed by atoms with Crippen LogP contribution in [0.2, 0.25) is 0 Å². The van der Waals surface area contributed by atoms with Gasteiger partial charge in [0.1, 0.15) is 17.5 Å². The summed E-state index contributed by atoms with van der Waals surface area (Å²) in [5, 5.41) is 9.27. The van der Waals surface area contributed by atoms with Crippen LogP contribution in [-0.4, -0.2) is 48.8 Å². The summed E-state index contributed by atoms with van der Waals surface area (Å²) in [6.07, 6.45) is 0.415. The number of hydrogen-bond acceptors (Lipinski definition) is 7. The Hall–Kier alpha value is -3.10. The minimum Gasteiger partial charge on any atom is -0.497 e. The van der Waals surface area contributed by atoms with Crippen LogP contribution in [0.5, 0.6) is 11.5 Å². The molecule has 2 amide bonds. The van der Waals surface area contributed by atoms with E-state index in [0.717, 1.165) is 0 Å². The Morgan fingerprint density at radius 3 is 2.29 bits per heavy atom. The van der Waals surface area contributed by atoms with Gasteiger partial charge in [0.25, 0.3) is 5.91 Å². The first-order valence-electron chi connectivity index (χ1n) is 8.95. The molecule has 0 saturated carbocycles. The van der Waals surface area contributed by atoms with Crippen molar-refractivity contribution >= 4 is 11.8 Å². The van der Waals surface area contributed by atoms with Gasteiger partial charge in [-0.3, -0.25) is 9.59 Å². The summed E-state index contributed by atoms with van der Waals surface area (Å²) in [5.74, 6) is 1.19. The highest BCUT2D eigenvalue weighted by Gasteiger charge is 2.25. The van der Waals surface area contributed by atoms with Crippen LogP contribution in [0.15, 0.2) is 22.7 Å². The number of nitrogens with one attached hydrogen (secondary N) is 2. The first-order valence-corrected chi connectivity index (χ1v) is 8.95. The molecule has 2 rings (SSSR count). The topological polar surface area (TPSA) is 116 Å². The van der Waals surface area contributed by atoms with Gasteiger partial charge < -0.3 is 24.6 Å². The molecule has 2 aromatic rings. The average Bonchev–Trinajstić information content (AvgIpc) is 3.09. The van der Waals surface area contributed by atoms with Crippen LogP contribution in [0.4, 0.5) is 0 Å². The maximum atomic E-state index is 12.7. The van der Waals surface area contributed by atoms with Gasteiger partial charge in [-0.05, 0) is 25.0 Å². The van der Waals surface area contributed by atoms with Crippen LogP contribution in [0.3, 0.4) is 0 Å². The number of aryl methyl sites for hydroxylation is 1. The second-order valence-electron chi connectivity index (χ2n) is 6.57. The SMILES string of the molecule is COc1cc(OC)cc(C(=O)NC(C(=O)NCCc2nc(C)no2)C(C)C)c1. The van der Waals surface area contributed by atoms with Crippen molar-refractivity contribution in [3.8, 4) is 11.5 Å². The number of carbonyl (C=O) groups excluding carboxylic acids is 2. The average molecular weight is 390 g/mol. The molecular formula is C19H26N4O5. The number of ether oxygens (including phenoxy) is 2. The first-order chi connectivity index (χ1) is 13.3. The largest absolute Gasteiger partial charge is 0.497 e. The molecule has 0 aliphatic carbocycles. The Bertz CT molecular complexity index is 796. The standard InChI is InChI=1S/C19H26N4O5/c1-11(2)17(19(25)20-7-6-16-21-12(3)23-28-16)22-18(24)13-8-14(26-4)10-15(9-13)27-5/h8-11,17H,6-7H2,1-5H3,(H,20,25)(H,22,24). The highest BCUT2D eigenvalue weighted by Crippen LogP contribution is 2.22. The van der Waals surface area contributed by atoms with Crippen LogP contribution < -0.4 is 20.1 Å². The fourth-order valence-corrected chi connectivity index (χ4v) is 2.54. The van der Waals surface area contributed by atoms with E-state index in [2.05, 4.69) is 20.8 Å². The molecule has 152 valence electrons. The third-order valence-electron chi connectivity index (χ3n) is 4.06. The van der Waals surface area contributed by atoms with E-state index >= 15 is 0 Å². The van der Waals surface area contributed by atoms with E-state index in [0.29, 0.717) is 41.7 Å². The summed E-state index contributed by atoms with van der Waals surface area (Å²) in [5.41, 5.74) is 0.344. The van der Waals surface area contributed by atoms with E-state index in [1.807, 2.05) is 13.8 Å². The molecule has 0 aliphatic heterocycles. The van der Waals surface area contributed by atoms with Crippen LogP contribution in [-0.2, 0) is 11.2 Å². The van der Waals surface area contributed by atoms with Gasteiger partial charge in [0.05, 0.1) is 14.2 Å². The predicted molar refractivity (Wildman–Crippen MR) is 101 cm³/mol. The maximum Gasteiger partial charge on any atom is 0.252 e. The Balaban J connectivity index is 2.00. The van der Waals surface area contributed by atoms with E-state index in [1.54, 1.807) is 25.1 Å². The lowest BCUT2D eigenvalue weighted by atomic mass is 10.0. The molecule has 0 radical (unpaired) electrons. The summed E-state index contributed by atoms with van der Waals surface area (Å²) in [7, 11) is 3.01. The number of amides is 2. The van der Waals surface area contributed by atoms with Gasteiger partial charge in [0.2, 0.25) is 11.8 Å². The molecule has 1 atom stereocenters. The number of benzene rings is 1. The van der Waals surface area contributed by atoms with Gasteiger partial charge in [-0.1, -0.05) is 19.0 Å². The number of rotatable bonds is 9. The normalized spacial score (nSPS) is 11.8. The van der Waals surface area contributed by atoms with Gasteiger partial charge in [0, 0.05) is 24.6 Å². The summed E-state index contributed by atoms with van der Waals surface area (Å²) >= 11 is 0. The minimum absolute atomic E-state index is 0.109. The third-order valence-corrected chi connectivity index (χ3v) is 4.06. The lowest BCUT2D eigenvalue weighted by Gasteiger charge is -2.22. The minimum atomic E-state index is -0.700. The summed E-state index contributed by atoms with van der Waals surface area (Å²) in [6.45, 7) is 5.77. The molecule has 1 aromatic carbocycles. The third kappa shape index (κ3) is 5.70. The van der Waals surface area contributed by atoms with E-state index in [4.69, 9.17) is 14.0 Å². The summed E-state index contributed by atoms with van der Waals surface area (Å²) in [6, 6.07) is 4.15. The molecule has 9 nitrogen and oxygen atoms in total. The van der Waals surface area contributed by atoms with Gasteiger partial charge >= 0.3 is 0 Å². The van der Waals surface area contributed by atoms with Crippen molar-refractivity contribution < 1.29 is 23.6 Å². The molecule has 28 heavy (non-hydrogen) atoms. The van der Waals surface area contributed by atoms with Crippen molar-refractivity contribution in [1.29, 1.82) is 0 Å². The number of hydrogen-bond donors (Lipinski definition) is 2. The van der Waals surface area contributed by atoms with Crippen molar-refractivity contribution in [2.45, 2.75) is 33.2 Å². The molecule has 0 saturated heterocycles. The van der Waals surface area contributed by atoms with Crippen LogP contribution in [0, 0.1) is 12.8 Å². The Morgan fingerprint density at radius 2 is 1.79 bits per heavy atom. The summed E-state index contributed by atoms with van der Waals surface area (Å²) in [4.78, 5) is 29.3. The zero-order valence-corrected chi connectivity index (χ0v) is 16.7. The molecule has 0 bridgehead atoms. The van der Waals surface area contributed by atoms with Gasteiger partial charge in [0.15, 0.2) is 5.82 Å². The molecule has 0 aliphatic rings. The van der Waals surface area contributed by atoms with Gasteiger partial charge in [-0.25, -0.2) is 0 Å². The fourth-order valence-electron chi connectivity index (χ4n) is 2.54. The second kappa shape index (κ2) is 9.72. The molecular weight excluding hydrogens is 364 g/mol. The lowest BCUT2D eigenvalue weighted by molar-refractivity contribution is -0.123. The van der Waals surface area contributed by atoms with E-state index < -0.39 is 11.9 Å². The van der Waals surface area contributed by atoms with Crippen molar-refractivity contribution in [3.63, 3.8) is 0 Å². The summed E-state index contributed by atoms with van der Waals surface area (Å²) < 4.78 is 15.4. The highest BCUT2D eigenvalue weighted by atomic mass is 16.5. The molecule has 9 heteroatoms. The smallest absolute Gasteiger partial charge is 0.252 e. The zero-order valence-electron chi connectivity index (χ0n) is 16.7. The van der Waals surface area contributed by atoms with Crippen molar-refractivity contribution in [2.24, 2.45) is 5.92 Å².